The van der Waals surface area contributed by atoms with Crippen LogP contribution in [-0.2, 0) is 6.42 Å². The Balaban J connectivity index is 1.59. The minimum atomic E-state index is -0.233. The molecular weight excluding hydrogens is 366 g/mol. The van der Waals surface area contributed by atoms with E-state index in [-0.39, 0.29) is 5.91 Å². The summed E-state index contributed by atoms with van der Waals surface area (Å²) in [4.78, 5) is 16.8. The predicted molar refractivity (Wildman–Crippen MR) is 115 cm³/mol. The quantitative estimate of drug-likeness (QED) is 0.566. The summed E-state index contributed by atoms with van der Waals surface area (Å²) >= 11 is 0. The first-order valence-corrected chi connectivity index (χ1v) is 9.54. The first-order chi connectivity index (χ1) is 14.2. The van der Waals surface area contributed by atoms with Gasteiger partial charge in [0, 0.05) is 18.9 Å². The summed E-state index contributed by atoms with van der Waals surface area (Å²) in [6.45, 7) is 3.16. The van der Waals surface area contributed by atoms with Crippen LogP contribution in [0.4, 0.5) is 11.4 Å². The molecular formula is C23H25N3O3. The number of carbonyl (C=O) groups is 1. The van der Waals surface area contributed by atoms with Crippen molar-refractivity contribution < 1.29 is 14.3 Å². The summed E-state index contributed by atoms with van der Waals surface area (Å²) in [5.74, 6) is 1.25. The van der Waals surface area contributed by atoms with E-state index in [1.54, 1.807) is 25.6 Å². The van der Waals surface area contributed by atoms with Crippen molar-refractivity contribution in [3.8, 4) is 11.5 Å². The molecule has 6 heteroatoms. The summed E-state index contributed by atoms with van der Waals surface area (Å²) in [5, 5.41) is 6.20. The number of nitrogens with one attached hydrogen (secondary N) is 2. The fraction of sp³-hybridized carbons (Fsp3) is 0.217. The molecule has 0 aliphatic carbocycles. The molecule has 0 bridgehead atoms. The monoisotopic (exact) mass is 391 g/mol. The minimum Gasteiger partial charge on any atom is -0.497 e. The average molecular weight is 391 g/mol. The Labute approximate surface area is 170 Å². The van der Waals surface area contributed by atoms with Crippen LogP contribution in [0.15, 0.2) is 67.0 Å². The van der Waals surface area contributed by atoms with E-state index in [2.05, 4.69) is 15.6 Å². The number of aromatic nitrogens is 1. The van der Waals surface area contributed by atoms with Crippen molar-refractivity contribution in [2.75, 3.05) is 30.9 Å². The molecule has 2 aromatic carbocycles. The highest BCUT2D eigenvalue weighted by atomic mass is 16.5. The average Bonchev–Trinajstić information content (AvgIpc) is 2.76. The third kappa shape index (κ3) is 5.72. The largest absolute Gasteiger partial charge is 0.497 e. The van der Waals surface area contributed by atoms with Gasteiger partial charge in [-0.2, -0.15) is 0 Å². The van der Waals surface area contributed by atoms with Crippen molar-refractivity contribution in [2.45, 2.75) is 13.3 Å². The SMILES string of the molecule is CCOc1ccccc1NC(=O)c1cncc(NCCc2ccc(OC)cc2)c1. The molecule has 0 atom stereocenters. The van der Waals surface area contributed by atoms with Crippen LogP contribution in [0.25, 0.3) is 0 Å². The highest BCUT2D eigenvalue weighted by Crippen LogP contribution is 2.24. The van der Waals surface area contributed by atoms with Gasteiger partial charge in [0.1, 0.15) is 11.5 Å². The molecule has 0 saturated carbocycles. The highest BCUT2D eigenvalue weighted by molar-refractivity contribution is 6.05. The van der Waals surface area contributed by atoms with Crippen LogP contribution in [0.2, 0.25) is 0 Å². The number of ether oxygens (including phenoxy) is 2. The second kappa shape index (κ2) is 10.1. The maximum atomic E-state index is 12.6. The molecule has 3 aromatic rings. The molecule has 0 spiro atoms. The van der Waals surface area contributed by atoms with E-state index in [0.717, 1.165) is 24.4 Å². The number of amides is 1. The lowest BCUT2D eigenvalue weighted by Crippen LogP contribution is -2.14. The lowest BCUT2D eigenvalue weighted by Gasteiger charge is -2.12. The third-order valence-electron chi connectivity index (χ3n) is 4.34. The number of para-hydroxylation sites is 2. The van der Waals surface area contributed by atoms with Crippen LogP contribution in [0.5, 0.6) is 11.5 Å². The molecule has 0 fully saturated rings. The van der Waals surface area contributed by atoms with E-state index < -0.39 is 0 Å². The van der Waals surface area contributed by atoms with E-state index in [1.165, 1.54) is 5.56 Å². The van der Waals surface area contributed by atoms with Gasteiger partial charge in [0.25, 0.3) is 5.91 Å². The van der Waals surface area contributed by atoms with Crippen molar-refractivity contribution in [1.82, 2.24) is 4.98 Å². The number of rotatable bonds is 9. The molecule has 1 aromatic heterocycles. The van der Waals surface area contributed by atoms with Crippen molar-refractivity contribution in [3.63, 3.8) is 0 Å². The van der Waals surface area contributed by atoms with E-state index in [0.29, 0.717) is 23.6 Å². The topological polar surface area (TPSA) is 72.5 Å². The number of nitrogens with zero attached hydrogens (tertiary/aromatic N) is 1. The van der Waals surface area contributed by atoms with Gasteiger partial charge in [-0.3, -0.25) is 9.78 Å². The normalized spacial score (nSPS) is 10.3. The van der Waals surface area contributed by atoms with Gasteiger partial charge in [-0.15, -0.1) is 0 Å². The fourth-order valence-electron chi connectivity index (χ4n) is 2.85. The Morgan fingerprint density at radius 1 is 1.07 bits per heavy atom. The number of pyridine rings is 1. The molecule has 0 radical (unpaired) electrons. The first-order valence-electron chi connectivity index (χ1n) is 9.54. The Morgan fingerprint density at radius 3 is 2.62 bits per heavy atom. The second-order valence-electron chi connectivity index (χ2n) is 6.37. The number of carbonyl (C=O) groups excluding carboxylic acids is 1. The van der Waals surface area contributed by atoms with E-state index >= 15 is 0 Å². The Morgan fingerprint density at radius 2 is 1.86 bits per heavy atom. The van der Waals surface area contributed by atoms with Gasteiger partial charge < -0.3 is 20.1 Å². The van der Waals surface area contributed by atoms with Crippen LogP contribution in [0.3, 0.4) is 0 Å². The van der Waals surface area contributed by atoms with Gasteiger partial charge in [0.2, 0.25) is 0 Å². The van der Waals surface area contributed by atoms with Crippen LogP contribution < -0.4 is 20.1 Å². The van der Waals surface area contributed by atoms with Gasteiger partial charge in [-0.05, 0) is 49.2 Å². The summed E-state index contributed by atoms with van der Waals surface area (Å²) in [5.41, 5.74) is 3.11. The van der Waals surface area contributed by atoms with Gasteiger partial charge in [0.15, 0.2) is 0 Å². The van der Waals surface area contributed by atoms with Gasteiger partial charge >= 0.3 is 0 Å². The molecule has 2 N–H and O–H groups in total. The lowest BCUT2D eigenvalue weighted by atomic mass is 10.1. The van der Waals surface area contributed by atoms with Crippen LogP contribution >= 0.6 is 0 Å². The molecule has 0 aliphatic rings. The molecule has 1 amide bonds. The van der Waals surface area contributed by atoms with E-state index in [1.807, 2.05) is 55.5 Å². The van der Waals surface area contributed by atoms with Gasteiger partial charge in [0.05, 0.1) is 30.7 Å². The summed E-state index contributed by atoms with van der Waals surface area (Å²) in [6, 6.07) is 17.1. The molecule has 0 saturated heterocycles. The Bertz CT molecular complexity index is 942. The van der Waals surface area contributed by atoms with Gasteiger partial charge in [-0.25, -0.2) is 0 Å². The molecule has 3 rings (SSSR count). The molecule has 150 valence electrons. The second-order valence-corrected chi connectivity index (χ2v) is 6.37. The number of anilines is 2. The van der Waals surface area contributed by atoms with Crippen LogP contribution in [0, 0.1) is 0 Å². The van der Waals surface area contributed by atoms with E-state index in [9.17, 15) is 4.79 Å². The highest BCUT2D eigenvalue weighted by Gasteiger charge is 2.10. The van der Waals surface area contributed by atoms with Crippen molar-refractivity contribution in [3.05, 3.63) is 78.1 Å². The zero-order chi connectivity index (χ0) is 20.5. The maximum Gasteiger partial charge on any atom is 0.257 e. The molecule has 1 heterocycles. The zero-order valence-corrected chi connectivity index (χ0v) is 16.6. The molecule has 0 aliphatic heterocycles. The number of methoxy groups -OCH3 is 1. The first kappa shape index (κ1) is 20.2. The number of benzene rings is 2. The summed E-state index contributed by atoms with van der Waals surface area (Å²) in [7, 11) is 1.65. The summed E-state index contributed by atoms with van der Waals surface area (Å²) in [6.07, 6.45) is 4.11. The Kier molecular flexibility index (Phi) is 7.05. The fourth-order valence-corrected chi connectivity index (χ4v) is 2.85. The molecule has 29 heavy (non-hydrogen) atoms. The Hall–Kier alpha value is -3.54. The number of hydrogen-bond acceptors (Lipinski definition) is 5. The van der Waals surface area contributed by atoms with Crippen LogP contribution in [-0.4, -0.2) is 31.2 Å². The maximum absolute atomic E-state index is 12.6. The van der Waals surface area contributed by atoms with Gasteiger partial charge in [-0.1, -0.05) is 24.3 Å². The van der Waals surface area contributed by atoms with Crippen molar-refractivity contribution in [2.24, 2.45) is 0 Å². The van der Waals surface area contributed by atoms with E-state index in [4.69, 9.17) is 9.47 Å². The number of hydrogen-bond donors (Lipinski definition) is 2. The standard InChI is InChI=1S/C23H25N3O3/c1-3-29-22-7-5-4-6-21(22)26-23(27)18-14-19(16-24-15-18)25-13-12-17-8-10-20(28-2)11-9-17/h4-11,14-16,25H,3,12-13H2,1-2H3,(H,26,27). The predicted octanol–water partition coefficient (Wildman–Crippen LogP) is 4.40. The lowest BCUT2D eigenvalue weighted by molar-refractivity contribution is 0.102. The van der Waals surface area contributed by atoms with Crippen LogP contribution in [0.1, 0.15) is 22.8 Å². The third-order valence-corrected chi connectivity index (χ3v) is 4.34. The molecule has 6 nitrogen and oxygen atoms in total. The molecule has 0 unspecified atom stereocenters. The van der Waals surface area contributed by atoms with Crippen molar-refractivity contribution >= 4 is 17.3 Å². The smallest absolute Gasteiger partial charge is 0.257 e. The van der Waals surface area contributed by atoms with Crippen molar-refractivity contribution in [1.29, 1.82) is 0 Å². The summed E-state index contributed by atoms with van der Waals surface area (Å²) < 4.78 is 10.7. The minimum absolute atomic E-state index is 0.233. The zero-order valence-electron chi connectivity index (χ0n) is 16.6.